The Kier molecular flexibility index (Phi) is 6.96. The molecule has 2 aromatic carbocycles. The van der Waals surface area contributed by atoms with Crippen LogP contribution in [0.3, 0.4) is 0 Å². The Bertz CT molecular complexity index is 1230. The lowest BCUT2D eigenvalue weighted by Gasteiger charge is -2.34. The van der Waals surface area contributed by atoms with E-state index < -0.39 is 10.0 Å². The average molecular weight is 480 g/mol. The molecule has 1 fully saturated rings. The molecule has 0 N–H and O–H groups in total. The van der Waals surface area contributed by atoms with Gasteiger partial charge in [-0.1, -0.05) is 26.0 Å². The molecule has 180 valence electrons. The predicted molar refractivity (Wildman–Crippen MR) is 135 cm³/mol. The number of piperazine rings is 1. The van der Waals surface area contributed by atoms with Gasteiger partial charge in [-0.2, -0.15) is 4.31 Å². The molecule has 1 atom stereocenters. The van der Waals surface area contributed by atoms with Crippen molar-refractivity contribution < 1.29 is 13.2 Å². The van der Waals surface area contributed by atoms with E-state index in [1.807, 2.05) is 36.4 Å². The summed E-state index contributed by atoms with van der Waals surface area (Å²) in [6.07, 6.45) is 1.01. The van der Waals surface area contributed by atoms with Crippen molar-refractivity contribution in [1.29, 1.82) is 0 Å². The normalized spacial score (nSPS) is 15.9. The van der Waals surface area contributed by atoms with Gasteiger partial charge in [0.1, 0.15) is 0 Å². The van der Waals surface area contributed by atoms with Gasteiger partial charge >= 0.3 is 0 Å². The minimum atomic E-state index is -3.57. The first kappa shape index (κ1) is 24.2. The van der Waals surface area contributed by atoms with E-state index in [0.29, 0.717) is 42.6 Å². The summed E-state index contributed by atoms with van der Waals surface area (Å²) < 4.78 is 29.8. The van der Waals surface area contributed by atoms with Crippen LogP contribution in [0.25, 0.3) is 5.69 Å². The van der Waals surface area contributed by atoms with Gasteiger partial charge in [-0.25, -0.2) is 8.42 Å². The highest BCUT2D eigenvalue weighted by Crippen LogP contribution is 2.24. The second-order valence-electron chi connectivity index (χ2n) is 9.07. The molecule has 2 heterocycles. The molecule has 6 nitrogen and oxygen atoms in total. The number of amides is 1. The van der Waals surface area contributed by atoms with E-state index in [9.17, 15) is 13.2 Å². The molecule has 1 aliphatic rings. The van der Waals surface area contributed by atoms with Crippen LogP contribution in [0.2, 0.25) is 0 Å². The summed E-state index contributed by atoms with van der Waals surface area (Å²) in [5.41, 5.74) is 5.06. The molecule has 7 heteroatoms. The maximum absolute atomic E-state index is 13.1. The third-order valence-electron chi connectivity index (χ3n) is 6.87. The molecule has 1 aromatic heterocycles. The number of carbonyl (C=O) groups excluding carboxylic acids is 1. The maximum Gasteiger partial charge on any atom is 0.253 e. The molecular weight excluding hydrogens is 446 g/mol. The van der Waals surface area contributed by atoms with E-state index in [0.717, 1.165) is 29.1 Å². The summed E-state index contributed by atoms with van der Waals surface area (Å²) in [6.45, 7) is 9.70. The number of carbonyl (C=O) groups is 1. The van der Waals surface area contributed by atoms with E-state index in [4.69, 9.17) is 0 Å². The SMILES string of the molecule is CC[C@H](C)c1ccc(S(=O)(=O)N2CCN(C(=O)c3ccc(-n4c(C)ccc4C)cc3)CC2)cc1. The Balaban J connectivity index is 1.41. The minimum absolute atomic E-state index is 0.0672. The van der Waals surface area contributed by atoms with Crippen LogP contribution in [-0.4, -0.2) is 54.3 Å². The summed E-state index contributed by atoms with van der Waals surface area (Å²) in [5, 5.41) is 0. The number of aryl methyl sites for hydroxylation is 2. The van der Waals surface area contributed by atoms with Crippen molar-refractivity contribution in [1.82, 2.24) is 13.8 Å². The Morgan fingerprint density at radius 3 is 1.94 bits per heavy atom. The largest absolute Gasteiger partial charge is 0.336 e. The van der Waals surface area contributed by atoms with E-state index in [1.165, 1.54) is 4.31 Å². The second kappa shape index (κ2) is 9.76. The molecule has 0 radical (unpaired) electrons. The summed E-state index contributed by atoms with van der Waals surface area (Å²) in [5.74, 6) is 0.333. The van der Waals surface area contributed by atoms with Crippen molar-refractivity contribution in [3.05, 3.63) is 83.2 Å². The molecule has 1 amide bonds. The van der Waals surface area contributed by atoms with Crippen LogP contribution in [-0.2, 0) is 10.0 Å². The fourth-order valence-electron chi connectivity index (χ4n) is 4.50. The third kappa shape index (κ3) is 4.68. The molecule has 0 aliphatic carbocycles. The van der Waals surface area contributed by atoms with Gasteiger partial charge in [0, 0.05) is 48.8 Å². The van der Waals surface area contributed by atoms with Crippen molar-refractivity contribution in [2.45, 2.75) is 44.9 Å². The molecule has 34 heavy (non-hydrogen) atoms. The van der Waals surface area contributed by atoms with Gasteiger partial charge in [0.2, 0.25) is 10.0 Å². The zero-order valence-corrected chi connectivity index (χ0v) is 21.2. The first-order chi connectivity index (χ1) is 16.2. The lowest BCUT2D eigenvalue weighted by molar-refractivity contribution is 0.0698. The molecule has 0 saturated carbocycles. The highest BCUT2D eigenvalue weighted by Gasteiger charge is 2.30. The first-order valence-electron chi connectivity index (χ1n) is 11.9. The number of aromatic nitrogens is 1. The second-order valence-corrected chi connectivity index (χ2v) is 11.0. The number of rotatable bonds is 6. The molecule has 3 aromatic rings. The number of benzene rings is 2. The zero-order chi connectivity index (χ0) is 24.5. The third-order valence-corrected chi connectivity index (χ3v) is 8.78. The highest BCUT2D eigenvalue weighted by molar-refractivity contribution is 7.89. The number of nitrogens with zero attached hydrogens (tertiary/aromatic N) is 3. The molecule has 4 rings (SSSR count). The van der Waals surface area contributed by atoms with Gasteiger partial charge in [-0.05, 0) is 80.3 Å². The number of hydrogen-bond donors (Lipinski definition) is 0. The topological polar surface area (TPSA) is 62.6 Å². The molecule has 0 unspecified atom stereocenters. The van der Waals surface area contributed by atoms with Gasteiger partial charge in [-0.15, -0.1) is 0 Å². The molecule has 0 spiro atoms. The van der Waals surface area contributed by atoms with Crippen molar-refractivity contribution in [3.63, 3.8) is 0 Å². The standard InChI is InChI=1S/C27H33N3O3S/c1-5-20(2)23-10-14-26(15-11-23)34(32,33)29-18-16-28(17-19-29)27(31)24-8-12-25(13-9-24)30-21(3)6-7-22(30)4/h6-15,20H,5,16-19H2,1-4H3/t20-/m0/s1. The van der Waals surface area contributed by atoms with Gasteiger partial charge in [0.05, 0.1) is 4.90 Å². The molecular formula is C27H33N3O3S. The highest BCUT2D eigenvalue weighted by atomic mass is 32.2. The summed E-state index contributed by atoms with van der Waals surface area (Å²) in [6, 6.07) is 19.0. The Morgan fingerprint density at radius 1 is 0.853 bits per heavy atom. The summed E-state index contributed by atoms with van der Waals surface area (Å²) in [4.78, 5) is 15.1. The van der Waals surface area contributed by atoms with Gasteiger partial charge < -0.3 is 9.47 Å². The minimum Gasteiger partial charge on any atom is -0.336 e. The Morgan fingerprint density at radius 2 is 1.41 bits per heavy atom. The summed E-state index contributed by atoms with van der Waals surface area (Å²) in [7, 11) is -3.57. The Labute approximate surface area is 202 Å². The van der Waals surface area contributed by atoms with Crippen LogP contribution in [0, 0.1) is 13.8 Å². The monoisotopic (exact) mass is 479 g/mol. The summed E-state index contributed by atoms with van der Waals surface area (Å²) >= 11 is 0. The average Bonchev–Trinajstić information content (AvgIpc) is 3.21. The Hall–Kier alpha value is -2.90. The molecule has 0 bridgehead atoms. The van der Waals surface area contributed by atoms with E-state index >= 15 is 0 Å². The first-order valence-corrected chi connectivity index (χ1v) is 13.3. The number of hydrogen-bond acceptors (Lipinski definition) is 3. The van der Waals surface area contributed by atoms with Gasteiger partial charge in [-0.3, -0.25) is 4.79 Å². The van der Waals surface area contributed by atoms with E-state index in [2.05, 4.69) is 44.4 Å². The van der Waals surface area contributed by atoms with Crippen LogP contribution < -0.4 is 0 Å². The van der Waals surface area contributed by atoms with Crippen LogP contribution in [0.1, 0.15) is 53.5 Å². The van der Waals surface area contributed by atoms with Crippen LogP contribution in [0.5, 0.6) is 0 Å². The molecule has 1 saturated heterocycles. The van der Waals surface area contributed by atoms with Gasteiger partial charge in [0.25, 0.3) is 5.91 Å². The van der Waals surface area contributed by atoms with Crippen molar-refractivity contribution in [2.75, 3.05) is 26.2 Å². The van der Waals surface area contributed by atoms with Crippen LogP contribution >= 0.6 is 0 Å². The zero-order valence-electron chi connectivity index (χ0n) is 20.4. The van der Waals surface area contributed by atoms with Crippen LogP contribution in [0.15, 0.2) is 65.6 Å². The van der Waals surface area contributed by atoms with Gasteiger partial charge in [0.15, 0.2) is 0 Å². The fourth-order valence-corrected chi connectivity index (χ4v) is 5.92. The van der Waals surface area contributed by atoms with Crippen LogP contribution in [0.4, 0.5) is 0 Å². The van der Waals surface area contributed by atoms with Crippen molar-refractivity contribution >= 4 is 15.9 Å². The predicted octanol–water partition coefficient (Wildman–Crippen LogP) is 4.75. The maximum atomic E-state index is 13.1. The van der Waals surface area contributed by atoms with E-state index in [-0.39, 0.29) is 5.91 Å². The lowest BCUT2D eigenvalue weighted by Crippen LogP contribution is -2.50. The molecule has 1 aliphatic heterocycles. The van der Waals surface area contributed by atoms with E-state index in [1.54, 1.807) is 17.0 Å². The smallest absolute Gasteiger partial charge is 0.253 e. The van der Waals surface area contributed by atoms with Crippen molar-refractivity contribution in [3.8, 4) is 5.69 Å². The number of sulfonamides is 1. The quantitative estimate of drug-likeness (QED) is 0.512. The lowest BCUT2D eigenvalue weighted by atomic mass is 9.99. The van der Waals surface area contributed by atoms with Crippen molar-refractivity contribution in [2.24, 2.45) is 0 Å². The fraction of sp³-hybridized carbons (Fsp3) is 0.370.